The number of nitrogens with zero attached hydrogens (tertiary/aromatic N) is 2. The number of nitrogens with one attached hydrogen (secondary N) is 1. The van der Waals surface area contributed by atoms with Crippen molar-refractivity contribution >= 4 is 29.1 Å². The summed E-state index contributed by atoms with van der Waals surface area (Å²) in [4.78, 5) is 39.6. The molecule has 0 aromatic heterocycles. The highest BCUT2D eigenvalue weighted by Gasteiger charge is 2.46. The van der Waals surface area contributed by atoms with Gasteiger partial charge in [0.2, 0.25) is 11.8 Å². The van der Waals surface area contributed by atoms with Crippen LogP contribution in [0.5, 0.6) is 5.75 Å². The lowest BCUT2D eigenvalue weighted by atomic mass is 10.2. The second-order valence-corrected chi connectivity index (χ2v) is 6.77. The van der Waals surface area contributed by atoms with Crippen LogP contribution in [0.1, 0.15) is 32.1 Å². The van der Waals surface area contributed by atoms with Gasteiger partial charge in [0.15, 0.2) is 0 Å². The molecule has 1 aromatic rings. The fourth-order valence-corrected chi connectivity index (χ4v) is 3.57. The van der Waals surface area contributed by atoms with Gasteiger partial charge in [-0.1, -0.05) is 0 Å². The van der Waals surface area contributed by atoms with Gasteiger partial charge in [-0.3, -0.25) is 19.3 Å². The van der Waals surface area contributed by atoms with Gasteiger partial charge in [-0.15, -0.1) is 0 Å². The molecule has 0 unspecified atom stereocenters. The van der Waals surface area contributed by atoms with Crippen molar-refractivity contribution in [3.8, 4) is 5.75 Å². The van der Waals surface area contributed by atoms with Crippen molar-refractivity contribution in [3.63, 3.8) is 0 Å². The predicted molar refractivity (Wildman–Crippen MR) is 91.5 cm³/mol. The number of anilines is 2. The monoisotopic (exact) mass is 343 g/mol. The number of methoxy groups -OCH3 is 1. The van der Waals surface area contributed by atoms with Gasteiger partial charge < -0.3 is 15.0 Å². The molecule has 0 bridgehead atoms. The molecule has 3 aliphatic rings. The zero-order chi connectivity index (χ0) is 17.6. The molecule has 1 aromatic carbocycles. The number of imide groups is 1. The van der Waals surface area contributed by atoms with Gasteiger partial charge in [0.25, 0.3) is 5.91 Å². The third kappa shape index (κ3) is 2.83. The van der Waals surface area contributed by atoms with Crippen LogP contribution >= 0.6 is 0 Å². The highest BCUT2D eigenvalue weighted by atomic mass is 16.5. The summed E-state index contributed by atoms with van der Waals surface area (Å²) in [6, 6.07) is 4.99. The minimum atomic E-state index is -0.530. The van der Waals surface area contributed by atoms with E-state index in [2.05, 4.69) is 5.32 Å². The van der Waals surface area contributed by atoms with Gasteiger partial charge in [0.05, 0.1) is 19.2 Å². The van der Waals surface area contributed by atoms with Gasteiger partial charge >= 0.3 is 0 Å². The molecular formula is C18H21N3O4. The lowest BCUT2D eigenvalue weighted by Crippen LogP contribution is -2.36. The van der Waals surface area contributed by atoms with Crippen molar-refractivity contribution in [3.05, 3.63) is 18.2 Å². The number of likely N-dealkylation sites (tertiary alicyclic amines) is 1. The summed E-state index contributed by atoms with van der Waals surface area (Å²) in [5.41, 5.74) is 1.44. The number of carbonyl (C=O) groups excluding carboxylic acids is 3. The summed E-state index contributed by atoms with van der Waals surface area (Å²) in [7, 11) is 1.56. The maximum atomic E-state index is 12.4. The third-order valence-corrected chi connectivity index (χ3v) is 4.98. The molecular weight excluding hydrogens is 322 g/mol. The first-order valence-electron chi connectivity index (χ1n) is 8.69. The maximum Gasteiger partial charge on any atom is 0.252 e. The van der Waals surface area contributed by atoms with E-state index >= 15 is 0 Å². The summed E-state index contributed by atoms with van der Waals surface area (Å²) in [6.07, 6.45) is 3.41. The highest BCUT2D eigenvalue weighted by Crippen LogP contribution is 2.36. The number of carbonyl (C=O) groups is 3. The molecule has 0 radical (unpaired) electrons. The van der Waals surface area contributed by atoms with Gasteiger partial charge in [-0.05, 0) is 31.4 Å². The predicted octanol–water partition coefficient (Wildman–Crippen LogP) is 1.52. The van der Waals surface area contributed by atoms with E-state index < -0.39 is 6.04 Å². The molecule has 4 rings (SSSR count). The SMILES string of the molecule is COc1cc(N[C@H]2CC(=O)N(C3CC3)C2=O)ccc1N1CCCC1=O. The molecule has 1 aliphatic carbocycles. The van der Waals surface area contributed by atoms with Crippen LogP contribution in [0, 0.1) is 0 Å². The Morgan fingerprint density at radius 1 is 1.16 bits per heavy atom. The first-order valence-corrected chi connectivity index (χ1v) is 8.69. The second kappa shape index (κ2) is 6.06. The Bertz CT molecular complexity index is 744. The average molecular weight is 343 g/mol. The summed E-state index contributed by atoms with van der Waals surface area (Å²) in [5, 5.41) is 3.14. The molecule has 1 N–H and O–H groups in total. The van der Waals surface area contributed by atoms with Crippen LogP contribution in [-0.4, -0.2) is 48.4 Å². The lowest BCUT2D eigenvalue weighted by molar-refractivity contribution is -0.139. The minimum absolute atomic E-state index is 0.0932. The normalized spacial score (nSPS) is 23.6. The first kappa shape index (κ1) is 15.9. The standard InChI is InChI=1S/C18H21N3O4/c1-25-15-9-11(4-7-14(15)20-8-2-3-16(20)22)19-13-10-17(23)21(18(13)24)12-5-6-12/h4,7,9,12-13,19H,2-3,5-6,8,10H2,1H3/t13-/m0/s1. The fraction of sp³-hybridized carbons (Fsp3) is 0.500. The summed E-state index contributed by atoms with van der Waals surface area (Å²) >= 11 is 0. The van der Waals surface area contributed by atoms with Crippen molar-refractivity contribution < 1.29 is 19.1 Å². The first-order chi connectivity index (χ1) is 12.1. The topological polar surface area (TPSA) is 79.0 Å². The Labute approximate surface area is 145 Å². The van der Waals surface area contributed by atoms with E-state index in [1.165, 1.54) is 4.90 Å². The van der Waals surface area contributed by atoms with Gasteiger partial charge in [-0.2, -0.15) is 0 Å². The van der Waals surface area contributed by atoms with E-state index in [-0.39, 0.29) is 30.2 Å². The molecule has 2 heterocycles. The molecule has 2 aliphatic heterocycles. The van der Waals surface area contributed by atoms with Gasteiger partial charge in [0, 0.05) is 30.8 Å². The Morgan fingerprint density at radius 3 is 2.60 bits per heavy atom. The van der Waals surface area contributed by atoms with Crippen LogP contribution in [0.25, 0.3) is 0 Å². The smallest absolute Gasteiger partial charge is 0.252 e. The minimum Gasteiger partial charge on any atom is -0.494 e. The number of rotatable bonds is 5. The van der Waals surface area contributed by atoms with Gasteiger partial charge in [-0.25, -0.2) is 0 Å². The van der Waals surface area contributed by atoms with E-state index in [1.807, 2.05) is 12.1 Å². The molecule has 1 atom stereocenters. The molecule has 7 heteroatoms. The lowest BCUT2D eigenvalue weighted by Gasteiger charge is -2.21. The quantitative estimate of drug-likeness (QED) is 0.820. The molecule has 132 valence electrons. The Hall–Kier alpha value is -2.57. The van der Waals surface area contributed by atoms with Crippen molar-refractivity contribution in [1.29, 1.82) is 0 Å². The molecule has 25 heavy (non-hydrogen) atoms. The van der Waals surface area contributed by atoms with Crippen LogP contribution in [0.3, 0.4) is 0 Å². The second-order valence-electron chi connectivity index (χ2n) is 6.77. The molecule has 7 nitrogen and oxygen atoms in total. The van der Waals surface area contributed by atoms with Crippen molar-refractivity contribution in [1.82, 2.24) is 4.90 Å². The summed E-state index contributed by atoms with van der Waals surface area (Å²) in [6.45, 7) is 0.688. The highest BCUT2D eigenvalue weighted by molar-refractivity contribution is 6.07. The van der Waals surface area contributed by atoms with Crippen LogP contribution in [0.4, 0.5) is 11.4 Å². The Morgan fingerprint density at radius 2 is 1.96 bits per heavy atom. The maximum absolute atomic E-state index is 12.4. The van der Waals surface area contributed by atoms with E-state index in [9.17, 15) is 14.4 Å². The Balaban J connectivity index is 1.52. The zero-order valence-electron chi connectivity index (χ0n) is 14.2. The number of ether oxygens (including phenoxy) is 1. The summed E-state index contributed by atoms with van der Waals surface area (Å²) in [5.74, 6) is 0.424. The molecule has 3 fully saturated rings. The Kier molecular flexibility index (Phi) is 3.86. The average Bonchev–Trinajstić information content (AvgIpc) is 3.27. The van der Waals surface area contributed by atoms with Crippen molar-refractivity contribution in [2.75, 3.05) is 23.9 Å². The van der Waals surface area contributed by atoms with Gasteiger partial charge in [0.1, 0.15) is 11.8 Å². The van der Waals surface area contributed by atoms with Crippen LogP contribution in [-0.2, 0) is 14.4 Å². The van der Waals surface area contributed by atoms with E-state index in [0.717, 1.165) is 24.9 Å². The van der Waals surface area contributed by atoms with E-state index in [1.54, 1.807) is 18.1 Å². The molecule has 1 saturated carbocycles. The third-order valence-electron chi connectivity index (χ3n) is 4.98. The molecule has 3 amide bonds. The fourth-order valence-electron chi connectivity index (χ4n) is 3.57. The zero-order valence-corrected chi connectivity index (χ0v) is 14.2. The van der Waals surface area contributed by atoms with Crippen molar-refractivity contribution in [2.45, 2.75) is 44.2 Å². The number of hydrogen-bond acceptors (Lipinski definition) is 5. The number of benzene rings is 1. The van der Waals surface area contributed by atoms with Crippen LogP contribution in [0.2, 0.25) is 0 Å². The molecule has 0 spiro atoms. The van der Waals surface area contributed by atoms with E-state index in [0.29, 0.717) is 24.4 Å². The van der Waals surface area contributed by atoms with Crippen LogP contribution in [0.15, 0.2) is 18.2 Å². The van der Waals surface area contributed by atoms with E-state index in [4.69, 9.17) is 4.74 Å². The number of amides is 3. The van der Waals surface area contributed by atoms with Crippen molar-refractivity contribution in [2.24, 2.45) is 0 Å². The molecule has 2 saturated heterocycles. The summed E-state index contributed by atoms with van der Waals surface area (Å²) < 4.78 is 5.43. The largest absolute Gasteiger partial charge is 0.494 e. The number of hydrogen-bond donors (Lipinski definition) is 1. The van der Waals surface area contributed by atoms with Crippen LogP contribution < -0.4 is 15.0 Å².